The van der Waals surface area contributed by atoms with Gasteiger partial charge in [-0.15, -0.1) is 0 Å². The molecule has 4 unspecified atom stereocenters. The normalized spacial score (nSPS) is 36.1. The van der Waals surface area contributed by atoms with Crippen LogP contribution in [0.4, 0.5) is 4.79 Å². The van der Waals surface area contributed by atoms with E-state index in [9.17, 15) is 9.90 Å². The predicted octanol–water partition coefficient (Wildman–Crippen LogP) is 2.07. The molecule has 1 saturated carbocycles. The van der Waals surface area contributed by atoms with Crippen LogP contribution in [0.1, 0.15) is 39.0 Å². The van der Waals surface area contributed by atoms with Crippen molar-refractivity contribution in [2.45, 2.75) is 56.4 Å². The van der Waals surface area contributed by atoms with Crippen molar-refractivity contribution in [2.24, 2.45) is 5.92 Å². The van der Waals surface area contributed by atoms with Crippen molar-refractivity contribution in [2.75, 3.05) is 19.3 Å². The van der Waals surface area contributed by atoms with Crippen molar-refractivity contribution in [1.82, 2.24) is 10.2 Å². The zero-order chi connectivity index (χ0) is 13.8. The van der Waals surface area contributed by atoms with Gasteiger partial charge in [-0.1, -0.05) is 13.3 Å². The molecule has 4 nitrogen and oxygen atoms in total. The number of rotatable bonds is 2. The topological polar surface area (TPSA) is 52.6 Å². The molecule has 2 N–H and O–H groups in total. The fraction of sp³-hybridized carbons (Fsp3) is 0.929. The van der Waals surface area contributed by atoms with Gasteiger partial charge in [0.1, 0.15) is 0 Å². The second-order valence-corrected chi connectivity index (χ2v) is 7.09. The van der Waals surface area contributed by atoms with Crippen LogP contribution < -0.4 is 5.32 Å². The number of nitrogens with zero attached hydrogens (tertiary/aromatic N) is 1. The van der Waals surface area contributed by atoms with Crippen molar-refractivity contribution in [3.63, 3.8) is 0 Å². The van der Waals surface area contributed by atoms with Crippen LogP contribution in [0.2, 0.25) is 0 Å². The lowest BCUT2D eigenvalue weighted by Crippen LogP contribution is -2.52. The third-order valence-electron chi connectivity index (χ3n) is 4.49. The number of urea groups is 1. The van der Waals surface area contributed by atoms with Gasteiger partial charge in [-0.2, -0.15) is 11.8 Å². The van der Waals surface area contributed by atoms with Crippen molar-refractivity contribution < 1.29 is 9.90 Å². The number of amides is 2. The largest absolute Gasteiger partial charge is 0.391 e. The van der Waals surface area contributed by atoms with Gasteiger partial charge in [-0.25, -0.2) is 4.79 Å². The van der Waals surface area contributed by atoms with E-state index in [1.807, 2.05) is 18.7 Å². The lowest BCUT2D eigenvalue weighted by atomic mass is 9.94. The predicted molar refractivity (Wildman–Crippen MR) is 79.5 cm³/mol. The highest BCUT2D eigenvalue weighted by atomic mass is 32.2. The summed E-state index contributed by atoms with van der Waals surface area (Å²) in [4.78, 5) is 14.0. The molecule has 4 atom stereocenters. The van der Waals surface area contributed by atoms with E-state index in [4.69, 9.17) is 0 Å². The first kappa shape index (κ1) is 15.0. The van der Waals surface area contributed by atoms with Gasteiger partial charge in [0.15, 0.2) is 0 Å². The maximum absolute atomic E-state index is 12.2. The van der Waals surface area contributed by atoms with Gasteiger partial charge in [0.2, 0.25) is 0 Å². The van der Waals surface area contributed by atoms with Crippen LogP contribution in [0.3, 0.4) is 0 Å². The molecule has 19 heavy (non-hydrogen) atoms. The Labute approximate surface area is 120 Å². The number of likely N-dealkylation sites (tertiary alicyclic amines) is 1. The first-order chi connectivity index (χ1) is 9.10. The summed E-state index contributed by atoms with van der Waals surface area (Å²) in [5.74, 6) is 0.305. The summed E-state index contributed by atoms with van der Waals surface area (Å²) in [5.41, 5.74) is 0. The molecule has 2 aliphatic rings. The summed E-state index contributed by atoms with van der Waals surface area (Å²) in [5, 5.41) is 13.7. The van der Waals surface area contributed by atoms with Crippen molar-refractivity contribution in [3.8, 4) is 0 Å². The molecule has 5 heteroatoms. The molecule has 0 aromatic heterocycles. The first-order valence-corrected chi connectivity index (χ1v) is 8.65. The van der Waals surface area contributed by atoms with Crippen LogP contribution in [-0.2, 0) is 0 Å². The number of hydrogen-bond acceptors (Lipinski definition) is 3. The number of piperidine rings is 1. The van der Waals surface area contributed by atoms with Crippen LogP contribution in [0.5, 0.6) is 0 Å². The lowest BCUT2D eigenvalue weighted by Gasteiger charge is -2.36. The molecule has 0 spiro atoms. The molecular weight excluding hydrogens is 260 g/mol. The van der Waals surface area contributed by atoms with Gasteiger partial charge >= 0.3 is 6.03 Å². The second kappa shape index (κ2) is 6.84. The fourth-order valence-electron chi connectivity index (χ4n) is 2.99. The average Bonchev–Trinajstić information content (AvgIpc) is 2.42. The van der Waals surface area contributed by atoms with Gasteiger partial charge in [0.05, 0.1) is 6.10 Å². The lowest BCUT2D eigenvalue weighted by molar-refractivity contribution is 0.0427. The maximum Gasteiger partial charge on any atom is 0.317 e. The highest BCUT2D eigenvalue weighted by Crippen LogP contribution is 2.27. The van der Waals surface area contributed by atoms with E-state index in [-0.39, 0.29) is 12.1 Å². The molecule has 2 amide bonds. The number of carbonyl (C=O) groups is 1. The summed E-state index contributed by atoms with van der Waals surface area (Å²) in [6.07, 6.45) is 7.33. The van der Waals surface area contributed by atoms with Gasteiger partial charge < -0.3 is 15.3 Å². The quantitative estimate of drug-likeness (QED) is 0.817. The number of nitrogens with one attached hydrogen (secondary N) is 1. The molecule has 1 aliphatic heterocycles. The molecule has 2 fully saturated rings. The summed E-state index contributed by atoms with van der Waals surface area (Å²) in [6, 6.07) is 0.327. The molecule has 110 valence electrons. The number of thioether (sulfide) groups is 1. The van der Waals surface area contributed by atoms with Crippen LogP contribution in [0.25, 0.3) is 0 Å². The van der Waals surface area contributed by atoms with E-state index < -0.39 is 0 Å². The molecular formula is C14H26N2O2S. The first-order valence-electron chi connectivity index (χ1n) is 7.36. The Morgan fingerprint density at radius 3 is 2.84 bits per heavy atom. The SMILES string of the molecule is CSC1CCCC(NC(=O)N2CCC(C)C(O)C2)C1. The molecule has 0 bridgehead atoms. The third kappa shape index (κ3) is 4.02. The number of hydrogen-bond donors (Lipinski definition) is 2. The molecule has 0 aromatic carbocycles. The summed E-state index contributed by atoms with van der Waals surface area (Å²) < 4.78 is 0. The Kier molecular flexibility index (Phi) is 5.39. The highest BCUT2D eigenvalue weighted by Gasteiger charge is 2.29. The summed E-state index contributed by atoms with van der Waals surface area (Å²) in [7, 11) is 0. The van der Waals surface area contributed by atoms with E-state index in [1.165, 1.54) is 12.8 Å². The number of β-amino-alcohol motifs (C(OH)–C–C–N with tert-alkyl or cyclic N) is 1. The summed E-state index contributed by atoms with van der Waals surface area (Å²) in [6.45, 7) is 3.29. The van der Waals surface area contributed by atoms with Gasteiger partial charge in [-0.05, 0) is 37.9 Å². The van der Waals surface area contributed by atoms with E-state index >= 15 is 0 Å². The molecule has 2 rings (SSSR count). The fourth-order valence-corrected chi connectivity index (χ4v) is 3.82. The minimum atomic E-state index is -0.371. The van der Waals surface area contributed by atoms with E-state index in [0.29, 0.717) is 23.8 Å². The molecule has 1 saturated heterocycles. The molecule has 1 heterocycles. The number of carbonyl (C=O) groups excluding carboxylic acids is 1. The summed E-state index contributed by atoms with van der Waals surface area (Å²) >= 11 is 1.91. The van der Waals surface area contributed by atoms with Crippen molar-refractivity contribution in [1.29, 1.82) is 0 Å². The Hall–Kier alpha value is -0.420. The zero-order valence-electron chi connectivity index (χ0n) is 12.0. The zero-order valence-corrected chi connectivity index (χ0v) is 12.8. The van der Waals surface area contributed by atoms with Crippen LogP contribution in [0, 0.1) is 5.92 Å². The van der Waals surface area contributed by atoms with Crippen molar-refractivity contribution in [3.05, 3.63) is 0 Å². The second-order valence-electron chi connectivity index (χ2n) is 5.95. The van der Waals surface area contributed by atoms with Gasteiger partial charge in [-0.3, -0.25) is 0 Å². The maximum atomic E-state index is 12.2. The molecule has 0 aromatic rings. The molecule has 1 aliphatic carbocycles. The smallest absolute Gasteiger partial charge is 0.317 e. The Morgan fingerprint density at radius 1 is 1.37 bits per heavy atom. The highest BCUT2D eigenvalue weighted by molar-refractivity contribution is 7.99. The number of aliphatic hydroxyl groups excluding tert-OH is 1. The van der Waals surface area contributed by atoms with Gasteiger partial charge in [0, 0.05) is 24.4 Å². The standard InChI is InChI=1S/C14H26N2O2S/c1-10-6-7-16(9-13(10)17)14(18)15-11-4-3-5-12(8-11)19-2/h10-13,17H,3-9H2,1-2H3,(H,15,18). The minimum Gasteiger partial charge on any atom is -0.391 e. The van der Waals surface area contributed by atoms with E-state index in [2.05, 4.69) is 11.6 Å². The minimum absolute atomic E-state index is 0.0118. The van der Waals surface area contributed by atoms with Crippen LogP contribution in [-0.4, -0.2) is 52.8 Å². The average molecular weight is 286 g/mol. The van der Waals surface area contributed by atoms with Crippen LogP contribution in [0.15, 0.2) is 0 Å². The number of aliphatic hydroxyl groups is 1. The van der Waals surface area contributed by atoms with Crippen molar-refractivity contribution >= 4 is 17.8 Å². The van der Waals surface area contributed by atoms with Crippen LogP contribution >= 0.6 is 11.8 Å². The Bertz CT molecular complexity index is 314. The monoisotopic (exact) mass is 286 g/mol. The van der Waals surface area contributed by atoms with E-state index in [1.54, 1.807) is 4.90 Å². The Balaban J connectivity index is 1.80. The van der Waals surface area contributed by atoms with E-state index in [0.717, 1.165) is 25.8 Å². The van der Waals surface area contributed by atoms with Gasteiger partial charge in [0.25, 0.3) is 0 Å². The Morgan fingerprint density at radius 2 is 2.16 bits per heavy atom. The third-order valence-corrected chi connectivity index (χ3v) is 5.59. The molecule has 0 radical (unpaired) electrons.